The molecule has 2 aromatic carbocycles. The van der Waals surface area contributed by atoms with Crippen molar-refractivity contribution in [3.63, 3.8) is 0 Å². The van der Waals surface area contributed by atoms with Gasteiger partial charge in [0.2, 0.25) is 0 Å². The Morgan fingerprint density at radius 3 is 2.58 bits per heavy atom. The number of carbonyl (C=O) groups is 2. The number of anilines is 1. The first-order valence-corrected chi connectivity index (χ1v) is 8.02. The Morgan fingerprint density at radius 1 is 1.12 bits per heavy atom. The van der Waals surface area contributed by atoms with Gasteiger partial charge in [0.1, 0.15) is 11.5 Å². The molecule has 0 bridgehead atoms. The summed E-state index contributed by atoms with van der Waals surface area (Å²) in [6.07, 6.45) is 2.73. The van der Waals surface area contributed by atoms with E-state index in [2.05, 4.69) is 5.32 Å². The van der Waals surface area contributed by atoms with E-state index >= 15 is 0 Å². The number of nitrogens with one attached hydrogen (secondary N) is 1. The predicted octanol–water partition coefficient (Wildman–Crippen LogP) is 3.55. The van der Waals surface area contributed by atoms with Crippen LogP contribution in [0.15, 0.2) is 48.5 Å². The number of hydrogen-bond donors (Lipinski definition) is 1. The first kappa shape index (κ1) is 19.3. The fourth-order valence-electron chi connectivity index (χ4n) is 2.05. The molecule has 0 heterocycles. The average Bonchev–Trinajstić information content (AvgIpc) is 2.65. The van der Waals surface area contributed by atoms with Crippen LogP contribution in [0.4, 0.5) is 5.69 Å². The Bertz CT molecular complexity index is 819. The Hall–Kier alpha value is -2.99. The van der Waals surface area contributed by atoms with Crippen molar-refractivity contribution >= 4 is 35.2 Å². The smallest absolute Gasteiger partial charge is 0.331 e. The molecule has 1 N–H and O–H groups in total. The normalized spacial score (nSPS) is 10.4. The molecule has 0 fully saturated rings. The lowest BCUT2D eigenvalue weighted by molar-refractivity contribution is -0.142. The van der Waals surface area contributed by atoms with Gasteiger partial charge in [-0.3, -0.25) is 4.79 Å². The van der Waals surface area contributed by atoms with E-state index in [0.717, 1.165) is 0 Å². The highest BCUT2D eigenvalue weighted by molar-refractivity contribution is 6.32. The molecule has 26 heavy (non-hydrogen) atoms. The van der Waals surface area contributed by atoms with Crippen molar-refractivity contribution < 1.29 is 23.8 Å². The SMILES string of the molecule is COc1ccc(OC)c(NC(=O)COC(=O)C=Cc2ccccc2Cl)c1. The Kier molecular flexibility index (Phi) is 7.05. The minimum Gasteiger partial charge on any atom is -0.497 e. The molecule has 0 aliphatic rings. The third-order valence-electron chi connectivity index (χ3n) is 3.33. The lowest BCUT2D eigenvalue weighted by Crippen LogP contribution is -2.20. The Morgan fingerprint density at radius 2 is 1.88 bits per heavy atom. The van der Waals surface area contributed by atoms with Crippen LogP contribution < -0.4 is 14.8 Å². The van der Waals surface area contributed by atoms with E-state index in [-0.39, 0.29) is 0 Å². The van der Waals surface area contributed by atoms with Gasteiger partial charge in [-0.05, 0) is 29.8 Å². The monoisotopic (exact) mass is 375 g/mol. The molecule has 0 atom stereocenters. The summed E-state index contributed by atoms with van der Waals surface area (Å²) < 4.78 is 15.2. The summed E-state index contributed by atoms with van der Waals surface area (Å²) in [4.78, 5) is 23.7. The first-order chi connectivity index (χ1) is 12.5. The second-order valence-corrected chi connectivity index (χ2v) is 5.48. The summed E-state index contributed by atoms with van der Waals surface area (Å²) >= 11 is 5.99. The number of hydrogen-bond acceptors (Lipinski definition) is 5. The van der Waals surface area contributed by atoms with Crippen molar-refractivity contribution in [2.75, 3.05) is 26.1 Å². The van der Waals surface area contributed by atoms with Crippen molar-refractivity contribution in [2.45, 2.75) is 0 Å². The van der Waals surface area contributed by atoms with Gasteiger partial charge in [-0.1, -0.05) is 29.8 Å². The molecule has 2 rings (SSSR count). The second kappa shape index (κ2) is 9.48. The van der Waals surface area contributed by atoms with Gasteiger partial charge in [0, 0.05) is 17.2 Å². The minimum atomic E-state index is -0.655. The van der Waals surface area contributed by atoms with Gasteiger partial charge in [0.15, 0.2) is 6.61 Å². The molecular weight excluding hydrogens is 358 g/mol. The zero-order valence-corrected chi connectivity index (χ0v) is 15.1. The van der Waals surface area contributed by atoms with Gasteiger partial charge in [0.25, 0.3) is 5.91 Å². The molecule has 136 valence electrons. The third kappa shape index (κ3) is 5.53. The van der Waals surface area contributed by atoms with E-state index in [1.165, 1.54) is 26.4 Å². The Balaban J connectivity index is 1.90. The van der Waals surface area contributed by atoms with Gasteiger partial charge in [0.05, 0.1) is 19.9 Å². The average molecular weight is 376 g/mol. The van der Waals surface area contributed by atoms with E-state index in [1.807, 2.05) is 0 Å². The van der Waals surface area contributed by atoms with E-state index in [9.17, 15) is 9.59 Å². The number of rotatable bonds is 7. The van der Waals surface area contributed by atoms with Crippen molar-refractivity contribution in [3.8, 4) is 11.5 Å². The Labute approximate surface area is 156 Å². The van der Waals surface area contributed by atoms with Crippen molar-refractivity contribution in [1.82, 2.24) is 0 Å². The van der Waals surface area contributed by atoms with Gasteiger partial charge >= 0.3 is 5.97 Å². The van der Waals surface area contributed by atoms with E-state index in [0.29, 0.717) is 27.8 Å². The molecule has 0 aliphatic carbocycles. The summed E-state index contributed by atoms with van der Waals surface area (Å²) in [6, 6.07) is 12.0. The van der Waals surface area contributed by atoms with E-state index in [1.54, 1.807) is 42.5 Å². The highest BCUT2D eigenvalue weighted by Gasteiger charge is 2.10. The van der Waals surface area contributed by atoms with Gasteiger partial charge in [-0.15, -0.1) is 0 Å². The molecule has 0 unspecified atom stereocenters. The lowest BCUT2D eigenvalue weighted by atomic mass is 10.2. The molecule has 0 aromatic heterocycles. The molecule has 1 amide bonds. The van der Waals surface area contributed by atoms with Crippen molar-refractivity contribution in [3.05, 3.63) is 59.1 Å². The van der Waals surface area contributed by atoms with Crippen LogP contribution in [0.3, 0.4) is 0 Å². The van der Waals surface area contributed by atoms with Crippen LogP contribution in [-0.4, -0.2) is 32.7 Å². The number of esters is 1. The number of methoxy groups -OCH3 is 2. The topological polar surface area (TPSA) is 73.9 Å². The fraction of sp³-hybridized carbons (Fsp3) is 0.158. The van der Waals surface area contributed by atoms with Gasteiger partial charge in [-0.2, -0.15) is 0 Å². The van der Waals surface area contributed by atoms with E-state index in [4.69, 9.17) is 25.8 Å². The maximum Gasteiger partial charge on any atom is 0.331 e. The summed E-state index contributed by atoms with van der Waals surface area (Å²) in [5.41, 5.74) is 1.09. The molecule has 6 nitrogen and oxygen atoms in total. The molecular formula is C19H18ClNO5. The number of amides is 1. The molecule has 0 radical (unpaired) electrons. The predicted molar refractivity (Wildman–Crippen MR) is 99.6 cm³/mol. The number of carbonyl (C=O) groups excluding carboxylic acids is 2. The van der Waals surface area contributed by atoms with E-state index < -0.39 is 18.5 Å². The molecule has 7 heteroatoms. The quantitative estimate of drug-likeness (QED) is 0.591. The molecule has 0 saturated heterocycles. The maximum atomic E-state index is 12.0. The molecule has 0 saturated carbocycles. The highest BCUT2D eigenvalue weighted by atomic mass is 35.5. The molecule has 2 aromatic rings. The molecule has 0 aliphatic heterocycles. The molecule has 0 spiro atoms. The largest absolute Gasteiger partial charge is 0.497 e. The highest BCUT2D eigenvalue weighted by Crippen LogP contribution is 2.28. The van der Waals surface area contributed by atoms with Crippen LogP contribution >= 0.6 is 11.6 Å². The first-order valence-electron chi connectivity index (χ1n) is 7.64. The van der Waals surface area contributed by atoms with Crippen LogP contribution in [0, 0.1) is 0 Å². The summed E-state index contributed by atoms with van der Waals surface area (Å²) in [5, 5.41) is 3.12. The zero-order chi connectivity index (χ0) is 18.9. The number of halogens is 1. The van der Waals surface area contributed by atoms with Crippen LogP contribution in [0.25, 0.3) is 6.08 Å². The fourth-order valence-corrected chi connectivity index (χ4v) is 2.25. The summed E-state index contributed by atoms with van der Waals surface area (Å²) in [6.45, 7) is -0.438. The third-order valence-corrected chi connectivity index (χ3v) is 3.67. The van der Waals surface area contributed by atoms with Crippen LogP contribution in [0.2, 0.25) is 5.02 Å². The number of ether oxygens (including phenoxy) is 3. The minimum absolute atomic E-state index is 0.416. The van der Waals surface area contributed by atoms with Crippen molar-refractivity contribution in [2.24, 2.45) is 0 Å². The van der Waals surface area contributed by atoms with Crippen LogP contribution in [-0.2, 0) is 14.3 Å². The summed E-state index contributed by atoms with van der Waals surface area (Å²) in [7, 11) is 3.00. The van der Waals surface area contributed by atoms with Crippen LogP contribution in [0.1, 0.15) is 5.56 Å². The van der Waals surface area contributed by atoms with Crippen molar-refractivity contribution in [1.29, 1.82) is 0 Å². The standard InChI is InChI=1S/C19H18ClNO5/c1-24-14-8-9-17(25-2)16(11-14)21-18(22)12-26-19(23)10-7-13-5-3-4-6-15(13)20/h3-11H,12H2,1-2H3,(H,21,22). The lowest BCUT2D eigenvalue weighted by Gasteiger charge is -2.11. The number of benzene rings is 2. The maximum absolute atomic E-state index is 12.0. The van der Waals surface area contributed by atoms with Crippen LogP contribution in [0.5, 0.6) is 11.5 Å². The van der Waals surface area contributed by atoms with Gasteiger partial charge in [-0.25, -0.2) is 4.79 Å². The zero-order valence-electron chi connectivity index (χ0n) is 14.3. The second-order valence-electron chi connectivity index (χ2n) is 5.08. The van der Waals surface area contributed by atoms with Gasteiger partial charge < -0.3 is 19.5 Å². The summed E-state index contributed by atoms with van der Waals surface area (Å²) in [5.74, 6) is -0.140.